The van der Waals surface area contributed by atoms with Gasteiger partial charge in [0, 0.05) is 12.1 Å². The molecule has 0 aromatic heterocycles. The van der Waals surface area contributed by atoms with Crippen LogP contribution in [0.1, 0.15) is 42.9 Å². The van der Waals surface area contributed by atoms with E-state index in [2.05, 4.69) is 43.6 Å². The molecule has 94 valence electrons. The quantitative estimate of drug-likeness (QED) is 0.841. The maximum atomic E-state index is 6.44. The first kappa shape index (κ1) is 12.6. The molecule has 0 heterocycles. The molecule has 0 amide bonds. The van der Waals surface area contributed by atoms with Gasteiger partial charge in [-0.3, -0.25) is 0 Å². The number of hydrogen-bond acceptors (Lipinski definition) is 2. The molecule has 17 heavy (non-hydrogen) atoms. The highest BCUT2D eigenvalue weighted by Gasteiger charge is 2.26. The first-order chi connectivity index (χ1) is 8.22. The van der Waals surface area contributed by atoms with E-state index in [4.69, 9.17) is 5.73 Å². The normalized spacial score (nSPS) is 26.8. The Morgan fingerprint density at radius 1 is 1.18 bits per heavy atom. The van der Waals surface area contributed by atoms with E-state index >= 15 is 0 Å². The molecular formula is C15H24N2. The summed E-state index contributed by atoms with van der Waals surface area (Å²) < 4.78 is 0. The van der Waals surface area contributed by atoms with Gasteiger partial charge in [0.1, 0.15) is 0 Å². The van der Waals surface area contributed by atoms with Crippen molar-refractivity contribution in [3.8, 4) is 0 Å². The summed E-state index contributed by atoms with van der Waals surface area (Å²) in [6.45, 7) is 2.16. The summed E-state index contributed by atoms with van der Waals surface area (Å²) in [5, 5.41) is 3.37. The van der Waals surface area contributed by atoms with Crippen molar-refractivity contribution in [3.05, 3.63) is 35.4 Å². The van der Waals surface area contributed by atoms with Gasteiger partial charge >= 0.3 is 0 Å². The Morgan fingerprint density at radius 2 is 1.82 bits per heavy atom. The predicted octanol–water partition coefficient (Wildman–Crippen LogP) is 2.77. The van der Waals surface area contributed by atoms with E-state index in [1.54, 1.807) is 0 Å². The van der Waals surface area contributed by atoms with Crippen LogP contribution in [0.25, 0.3) is 0 Å². The summed E-state index contributed by atoms with van der Waals surface area (Å²) in [6, 6.07) is 9.45. The molecule has 0 bridgehead atoms. The number of nitrogens with two attached hydrogens (primary N) is 1. The Bertz CT molecular complexity index is 354. The Hall–Kier alpha value is -0.860. The molecule has 1 unspecified atom stereocenters. The Labute approximate surface area is 105 Å². The van der Waals surface area contributed by atoms with Gasteiger partial charge in [0.15, 0.2) is 0 Å². The van der Waals surface area contributed by atoms with Crippen molar-refractivity contribution in [1.29, 1.82) is 0 Å². The van der Waals surface area contributed by atoms with E-state index < -0.39 is 0 Å². The fraction of sp³-hybridized carbons (Fsp3) is 0.600. The van der Waals surface area contributed by atoms with Gasteiger partial charge in [-0.15, -0.1) is 0 Å². The lowest BCUT2D eigenvalue weighted by Gasteiger charge is -2.32. The van der Waals surface area contributed by atoms with Crippen LogP contribution in [0, 0.1) is 12.8 Å². The van der Waals surface area contributed by atoms with Gasteiger partial charge in [-0.1, -0.05) is 24.3 Å². The highest BCUT2D eigenvalue weighted by atomic mass is 14.9. The van der Waals surface area contributed by atoms with Gasteiger partial charge in [0.25, 0.3) is 0 Å². The largest absolute Gasteiger partial charge is 0.324 e. The Kier molecular flexibility index (Phi) is 4.19. The Morgan fingerprint density at radius 3 is 2.41 bits per heavy atom. The van der Waals surface area contributed by atoms with Gasteiger partial charge in [0.2, 0.25) is 0 Å². The molecular weight excluding hydrogens is 208 g/mol. The van der Waals surface area contributed by atoms with E-state index in [1.807, 2.05) is 0 Å². The van der Waals surface area contributed by atoms with Crippen molar-refractivity contribution >= 4 is 0 Å². The first-order valence-electron chi connectivity index (χ1n) is 6.70. The van der Waals surface area contributed by atoms with Crippen LogP contribution in [-0.4, -0.2) is 13.1 Å². The van der Waals surface area contributed by atoms with E-state index in [9.17, 15) is 0 Å². The minimum absolute atomic E-state index is 0.217. The van der Waals surface area contributed by atoms with Gasteiger partial charge in [-0.25, -0.2) is 0 Å². The van der Waals surface area contributed by atoms with Gasteiger partial charge in [-0.2, -0.15) is 0 Å². The molecule has 2 rings (SSSR count). The molecule has 2 nitrogen and oxygen atoms in total. The zero-order valence-corrected chi connectivity index (χ0v) is 10.9. The van der Waals surface area contributed by atoms with E-state index in [-0.39, 0.29) is 6.04 Å². The van der Waals surface area contributed by atoms with Crippen LogP contribution >= 0.6 is 0 Å². The van der Waals surface area contributed by atoms with Crippen LogP contribution in [-0.2, 0) is 0 Å². The summed E-state index contributed by atoms with van der Waals surface area (Å²) in [4.78, 5) is 0. The minimum atomic E-state index is 0.217. The van der Waals surface area contributed by atoms with E-state index in [0.29, 0.717) is 12.0 Å². The first-order valence-corrected chi connectivity index (χ1v) is 6.70. The predicted molar refractivity (Wildman–Crippen MR) is 72.9 cm³/mol. The van der Waals surface area contributed by atoms with Crippen molar-refractivity contribution in [2.24, 2.45) is 11.7 Å². The van der Waals surface area contributed by atoms with Crippen molar-refractivity contribution in [3.63, 3.8) is 0 Å². The SMILES string of the molecule is CNC1CCC(C(N)c2ccccc2C)CC1. The zero-order valence-electron chi connectivity index (χ0n) is 10.9. The highest BCUT2D eigenvalue weighted by molar-refractivity contribution is 5.29. The molecule has 1 aromatic rings. The Balaban J connectivity index is 2.02. The number of hydrogen-bond donors (Lipinski definition) is 2. The molecule has 1 fully saturated rings. The smallest absolute Gasteiger partial charge is 0.0326 e. The number of nitrogens with one attached hydrogen (secondary N) is 1. The van der Waals surface area contributed by atoms with Crippen LogP contribution < -0.4 is 11.1 Å². The summed E-state index contributed by atoms with van der Waals surface area (Å²) in [5.41, 5.74) is 9.10. The average molecular weight is 232 g/mol. The fourth-order valence-electron chi connectivity index (χ4n) is 2.98. The van der Waals surface area contributed by atoms with Crippen molar-refractivity contribution < 1.29 is 0 Å². The number of benzene rings is 1. The maximum absolute atomic E-state index is 6.44. The lowest BCUT2D eigenvalue weighted by atomic mass is 9.79. The van der Waals surface area contributed by atoms with Gasteiger partial charge in [0.05, 0.1) is 0 Å². The van der Waals surface area contributed by atoms with Crippen LogP contribution in [0.4, 0.5) is 0 Å². The minimum Gasteiger partial charge on any atom is -0.324 e. The third-order valence-electron chi connectivity index (χ3n) is 4.24. The van der Waals surface area contributed by atoms with Crippen LogP contribution in [0.5, 0.6) is 0 Å². The van der Waals surface area contributed by atoms with Gasteiger partial charge < -0.3 is 11.1 Å². The maximum Gasteiger partial charge on any atom is 0.0326 e. The second-order valence-corrected chi connectivity index (χ2v) is 5.28. The molecule has 0 radical (unpaired) electrons. The van der Waals surface area contributed by atoms with Crippen molar-refractivity contribution in [1.82, 2.24) is 5.32 Å². The second kappa shape index (κ2) is 5.65. The molecule has 1 saturated carbocycles. The number of rotatable bonds is 3. The molecule has 2 heteroatoms. The molecule has 1 aliphatic rings. The monoisotopic (exact) mass is 232 g/mol. The lowest BCUT2D eigenvalue weighted by Crippen LogP contribution is -2.34. The molecule has 0 saturated heterocycles. The van der Waals surface area contributed by atoms with E-state index in [0.717, 1.165) is 0 Å². The third kappa shape index (κ3) is 2.88. The molecule has 3 N–H and O–H groups in total. The van der Waals surface area contributed by atoms with Crippen LogP contribution in [0.3, 0.4) is 0 Å². The molecule has 1 aromatic carbocycles. The average Bonchev–Trinajstić information content (AvgIpc) is 2.39. The summed E-state index contributed by atoms with van der Waals surface area (Å²) in [6.07, 6.45) is 5.03. The van der Waals surface area contributed by atoms with Gasteiger partial charge in [-0.05, 0) is 56.7 Å². The standard InChI is InChI=1S/C15H24N2/c1-11-5-3-4-6-14(11)15(16)12-7-9-13(17-2)10-8-12/h3-6,12-13,15,17H,7-10,16H2,1-2H3. The topological polar surface area (TPSA) is 38.0 Å². The van der Waals surface area contributed by atoms with Crippen LogP contribution in [0.15, 0.2) is 24.3 Å². The van der Waals surface area contributed by atoms with E-state index in [1.165, 1.54) is 36.8 Å². The van der Waals surface area contributed by atoms with Crippen LogP contribution in [0.2, 0.25) is 0 Å². The molecule has 1 atom stereocenters. The highest BCUT2D eigenvalue weighted by Crippen LogP contribution is 2.33. The zero-order chi connectivity index (χ0) is 12.3. The molecule has 1 aliphatic carbocycles. The lowest BCUT2D eigenvalue weighted by molar-refractivity contribution is 0.266. The third-order valence-corrected chi connectivity index (χ3v) is 4.24. The number of aryl methyl sites for hydroxylation is 1. The molecule has 0 spiro atoms. The summed E-state index contributed by atoms with van der Waals surface area (Å²) in [7, 11) is 2.06. The molecule has 0 aliphatic heterocycles. The van der Waals surface area contributed by atoms with Crippen molar-refractivity contribution in [2.75, 3.05) is 7.05 Å². The fourth-order valence-corrected chi connectivity index (χ4v) is 2.98. The summed E-state index contributed by atoms with van der Waals surface area (Å²) in [5.74, 6) is 0.653. The summed E-state index contributed by atoms with van der Waals surface area (Å²) >= 11 is 0. The second-order valence-electron chi connectivity index (χ2n) is 5.28. The van der Waals surface area contributed by atoms with Crippen molar-refractivity contribution in [2.45, 2.75) is 44.7 Å².